The highest BCUT2D eigenvalue weighted by Gasteiger charge is 2.13. The van der Waals surface area contributed by atoms with Crippen molar-refractivity contribution < 1.29 is 14.3 Å². The van der Waals surface area contributed by atoms with Crippen LogP contribution in [-0.2, 0) is 16.2 Å². The molecular weight excluding hydrogens is 402 g/mol. The van der Waals surface area contributed by atoms with E-state index in [9.17, 15) is 9.59 Å². The molecular formula is C26H37N3O3. The van der Waals surface area contributed by atoms with Crippen LogP contribution >= 0.6 is 0 Å². The Hall–Kier alpha value is -2.86. The van der Waals surface area contributed by atoms with Crippen LogP contribution in [-0.4, -0.2) is 42.9 Å². The van der Waals surface area contributed by atoms with Crippen molar-refractivity contribution in [1.82, 2.24) is 10.2 Å². The molecule has 2 amide bonds. The summed E-state index contributed by atoms with van der Waals surface area (Å²) in [6.07, 6.45) is 1.59. The Kier molecular flexibility index (Phi) is 11.3. The Morgan fingerprint density at radius 1 is 0.938 bits per heavy atom. The Morgan fingerprint density at radius 2 is 1.59 bits per heavy atom. The van der Waals surface area contributed by atoms with Gasteiger partial charge in [0.2, 0.25) is 11.8 Å². The fourth-order valence-electron chi connectivity index (χ4n) is 3.44. The molecule has 2 aromatic rings. The van der Waals surface area contributed by atoms with Crippen molar-refractivity contribution in [2.45, 2.75) is 46.6 Å². The Morgan fingerprint density at radius 3 is 2.25 bits per heavy atom. The van der Waals surface area contributed by atoms with Crippen molar-refractivity contribution in [1.29, 1.82) is 0 Å². The molecule has 0 heterocycles. The molecule has 0 saturated carbocycles. The number of hydrogen-bond acceptors (Lipinski definition) is 4. The minimum atomic E-state index is -0.0928. The summed E-state index contributed by atoms with van der Waals surface area (Å²) in [5.41, 5.74) is 1.82. The van der Waals surface area contributed by atoms with Gasteiger partial charge in [0, 0.05) is 25.1 Å². The van der Waals surface area contributed by atoms with E-state index in [0.29, 0.717) is 26.0 Å². The number of anilines is 1. The van der Waals surface area contributed by atoms with Gasteiger partial charge in [-0.15, -0.1) is 0 Å². The number of amides is 2. The predicted octanol–water partition coefficient (Wildman–Crippen LogP) is 4.47. The Balaban J connectivity index is 1.65. The van der Waals surface area contributed by atoms with E-state index in [2.05, 4.69) is 29.4 Å². The molecule has 32 heavy (non-hydrogen) atoms. The molecule has 0 radical (unpaired) electrons. The van der Waals surface area contributed by atoms with E-state index in [4.69, 9.17) is 4.74 Å². The number of hydrogen-bond donors (Lipinski definition) is 2. The normalized spacial score (nSPS) is 11.8. The molecule has 0 spiro atoms. The molecule has 0 saturated heterocycles. The SMILES string of the molecule is CCN(CC)CCCNC(=O)C[C@H](C)CC(=O)Nc1ccc(OCc2ccccc2)cc1. The minimum Gasteiger partial charge on any atom is -0.489 e. The summed E-state index contributed by atoms with van der Waals surface area (Å²) in [5, 5.41) is 5.85. The van der Waals surface area contributed by atoms with Crippen molar-refractivity contribution in [3.63, 3.8) is 0 Å². The molecule has 0 aliphatic heterocycles. The van der Waals surface area contributed by atoms with Gasteiger partial charge in [-0.1, -0.05) is 51.1 Å². The van der Waals surface area contributed by atoms with Gasteiger partial charge in [0.15, 0.2) is 0 Å². The van der Waals surface area contributed by atoms with E-state index in [0.717, 1.165) is 43.1 Å². The zero-order valence-electron chi connectivity index (χ0n) is 19.6. The average molecular weight is 440 g/mol. The highest BCUT2D eigenvalue weighted by molar-refractivity contribution is 5.91. The number of ether oxygens (including phenoxy) is 1. The number of rotatable bonds is 14. The van der Waals surface area contributed by atoms with Gasteiger partial charge in [-0.25, -0.2) is 0 Å². The van der Waals surface area contributed by atoms with Gasteiger partial charge >= 0.3 is 0 Å². The fraction of sp³-hybridized carbons (Fsp3) is 0.462. The summed E-state index contributed by atoms with van der Waals surface area (Å²) < 4.78 is 5.77. The quantitative estimate of drug-likeness (QED) is 0.426. The monoisotopic (exact) mass is 439 g/mol. The lowest BCUT2D eigenvalue weighted by Gasteiger charge is -2.18. The van der Waals surface area contributed by atoms with Gasteiger partial charge in [0.25, 0.3) is 0 Å². The number of nitrogens with zero attached hydrogens (tertiary/aromatic N) is 1. The molecule has 174 valence electrons. The van der Waals surface area contributed by atoms with Gasteiger partial charge < -0.3 is 20.3 Å². The van der Waals surface area contributed by atoms with Crippen LogP contribution in [0.3, 0.4) is 0 Å². The van der Waals surface area contributed by atoms with Crippen molar-refractivity contribution >= 4 is 17.5 Å². The number of carbonyl (C=O) groups is 2. The second kappa shape index (κ2) is 14.2. The average Bonchev–Trinajstić information content (AvgIpc) is 2.79. The first-order valence-corrected chi connectivity index (χ1v) is 11.6. The minimum absolute atomic E-state index is 0.00441. The summed E-state index contributed by atoms with van der Waals surface area (Å²) >= 11 is 0. The summed E-state index contributed by atoms with van der Waals surface area (Å²) in [4.78, 5) is 26.8. The van der Waals surface area contributed by atoms with Gasteiger partial charge in [-0.3, -0.25) is 9.59 Å². The van der Waals surface area contributed by atoms with Crippen molar-refractivity contribution in [2.75, 3.05) is 31.5 Å². The maximum atomic E-state index is 12.3. The van der Waals surface area contributed by atoms with E-state index in [-0.39, 0.29) is 17.7 Å². The third-order valence-electron chi connectivity index (χ3n) is 5.32. The molecule has 0 aliphatic carbocycles. The van der Waals surface area contributed by atoms with Crippen LogP contribution < -0.4 is 15.4 Å². The molecule has 0 bridgehead atoms. The van der Waals surface area contributed by atoms with Crippen LogP contribution in [0.4, 0.5) is 5.69 Å². The fourth-order valence-corrected chi connectivity index (χ4v) is 3.44. The highest BCUT2D eigenvalue weighted by Crippen LogP contribution is 2.18. The summed E-state index contributed by atoms with van der Waals surface area (Å²) in [7, 11) is 0. The Labute approximate surface area is 192 Å². The lowest BCUT2D eigenvalue weighted by molar-refractivity contribution is -0.122. The second-order valence-corrected chi connectivity index (χ2v) is 8.09. The molecule has 1 atom stereocenters. The summed E-state index contributed by atoms with van der Waals surface area (Å²) in [6, 6.07) is 17.3. The first kappa shape index (κ1) is 25.4. The van der Waals surface area contributed by atoms with Crippen molar-refractivity contribution in [3.05, 3.63) is 60.2 Å². The second-order valence-electron chi connectivity index (χ2n) is 8.09. The molecule has 2 N–H and O–H groups in total. The maximum absolute atomic E-state index is 12.3. The van der Waals surface area contributed by atoms with E-state index < -0.39 is 0 Å². The molecule has 0 unspecified atom stereocenters. The standard InChI is InChI=1S/C26H37N3O3/c1-4-29(5-2)17-9-16-27-25(30)18-21(3)19-26(31)28-23-12-14-24(15-13-23)32-20-22-10-7-6-8-11-22/h6-8,10-15,21H,4-5,9,16-20H2,1-3H3,(H,27,30)(H,28,31)/t21-/m0/s1. The number of nitrogens with one attached hydrogen (secondary N) is 2. The first-order chi connectivity index (χ1) is 15.5. The lowest BCUT2D eigenvalue weighted by atomic mass is 10.0. The van der Waals surface area contributed by atoms with E-state index in [1.165, 1.54) is 0 Å². The van der Waals surface area contributed by atoms with Crippen LogP contribution in [0.1, 0.15) is 45.6 Å². The maximum Gasteiger partial charge on any atom is 0.224 e. The van der Waals surface area contributed by atoms with Crippen LogP contribution in [0.2, 0.25) is 0 Å². The summed E-state index contributed by atoms with van der Waals surface area (Å²) in [5.74, 6) is 0.638. The first-order valence-electron chi connectivity index (χ1n) is 11.6. The topological polar surface area (TPSA) is 70.7 Å². The third-order valence-corrected chi connectivity index (χ3v) is 5.32. The molecule has 0 fully saturated rings. The third kappa shape index (κ3) is 9.96. The molecule has 2 rings (SSSR count). The summed E-state index contributed by atoms with van der Waals surface area (Å²) in [6.45, 7) is 10.4. The van der Waals surface area contributed by atoms with Crippen LogP contribution in [0.25, 0.3) is 0 Å². The molecule has 0 aromatic heterocycles. The van der Waals surface area contributed by atoms with Crippen molar-refractivity contribution in [3.8, 4) is 5.75 Å². The van der Waals surface area contributed by atoms with E-state index >= 15 is 0 Å². The smallest absolute Gasteiger partial charge is 0.224 e. The molecule has 6 heteroatoms. The van der Waals surface area contributed by atoms with Gasteiger partial charge in [-0.2, -0.15) is 0 Å². The molecule has 2 aromatic carbocycles. The van der Waals surface area contributed by atoms with Gasteiger partial charge in [0.1, 0.15) is 12.4 Å². The predicted molar refractivity (Wildman–Crippen MR) is 130 cm³/mol. The van der Waals surface area contributed by atoms with Crippen LogP contribution in [0.5, 0.6) is 5.75 Å². The largest absolute Gasteiger partial charge is 0.489 e. The van der Waals surface area contributed by atoms with Gasteiger partial charge in [0.05, 0.1) is 0 Å². The van der Waals surface area contributed by atoms with E-state index in [1.54, 1.807) is 0 Å². The van der Waals surface area contributed by atoms with Crippen LogP contribution in [0, 0.1) is 5.92 Å². The number of carbonyl (C=O) groups excluding carboxylic acids is 2. The van der Waals surface area contributed by atoms with Crippen LogP contribution in [0.15, 0.2) is 54.6 Å². The Bertz CT molecular complexity index is 805. The zero-order chi connectivity index (χ0) is 23.2. The van der Waals surface area contributed by atoms with Crippen molar-refractivity contribution in [2.24, 2.45) is 5.92 Å². The van der Waals surface area contributed by atoms with E-state index in [1.807, 2.05) is 61.5 Å². The lowest BCUT2D eigenvalue weighted by Crippen LogP contribution is -2.31. The number of benzene rings is 2. The molecule has 0 aliphatic rings. The highest BCUT2D eigenvalue weighted by atomic mass is 16.5. The zero-order valence-corrected chi connectivity index (χ0v) is 19.6. The van der Waals surface area contributed by atoms with Gasteiger partial charge in [-0.05, 0) is 61.8 Å². The molecule has 6 nitrogen and oxygen atoms in total.